The first kappa shape index (κ1) is 17.4. The van der Waals surface area contributed by atoms with Crippen LogP contribution in [0.4, 0.5) is 0 Å². The van der Waals surface area contributed by atoms with Crippen molar-refractivity contribution in [1.82, 2.24) is 0 Å². The summed E-state index contributed by atoms with van der Waals surface area (Å²) >= 11 is 5.88. The maximum Gasteiger partial charge on any atom is 0.120 e. The van der Waals surface area contributed by atoms with E-state index in [0.717, 1.165) is 16.3 Å². The van der Waals surface area contributed by atoms with E-state index in [1.165, 1.54) is 5.56 Å². The van der Waals surface area contributed by atoms with Gasteiger partial charge in [0.05, 0.1) is 11.9 Å². The smallest absolute Gasteiger partial charge is 0.120 e. The lowest BCUT2D eigenvalue weighted by atomic mass is 10.1. The Kier molecular flexibility index (Phi) is 6.05. The molecule has 2 atom stereocenters. The van der Waals surface area contributed by atoms with E-state index < -0.39 is 0 Å². The van der Waals surface area contributed by atoms with Gasteiger partial charge in [-0.25, -0.2) is 0 Å². The number of nitrogens with zero attached hydrogens (tertiary/aromatic N) is 1. The van der Waals surface area contributed by atoms with E-state index in [0.29, 0.717) is 12.3 Å². The number of hydrogen-bond acceptors (Lipinski definition) is 2. The third-order valence-electron chi connectivity index (χ3n) is 3.66. The van der Waals surface area contributed by atoms with E-state index >= 15 is 0 Å². The second-order valence-electron chi connectivity index (χ2n) is 5.80. The van der Waals surface area contributed by atoms with Crippen molar-refractivity contribution in [2.45, 2.75) is 39.3 Å². The summed E-state index contributed by atoms with van der Waals surface area (Å²) in [4.78, 5) is 4.55. The zero-order valence-electron chi connectivity index (χ0n) is 13.8. The molecule has 0 heterocycles. The lowest BCUT2D eigenvalue weighted by Gasteiger charge is -2.19. The third kappa shape index (κ3) is 5.61. The highest BCUT2D eigenvalue weighted by Crippen LogP contribution is 2.16. The average molecular weight is 331 g/mol. The van der Waals surface area contributed by atoms with E-state index in [4.69, 9.17) is 22.1 Å². The Balaban J connectivity index is 1.95. The number of hydrogen-bond donors (Lipinski definition) is 1. The maximum absolute atomic E-state index is 6.06. The predicted octanol–water partition coefficient (Wildman–Crippen LogP) is 4.40. The van der Waals surface area contributed by atoms with Gasteiger partial charge in [-0.1, -0.05) is 35.9 Å². The lowest BCUT2D eigenvalue weighted by molar-refractivity contribution is 0.197. The van der Waals surface area contributed by atoms with E-state index in [-0.39, 0.29) is 12.1 Å². The normalized spacial score (nSPS) is 14.3. The summed E-state index contributed by atoms with van der Waals surface area (Å²) < 4.78 is 5.94. The zero-order valence-corrected chi connectivity index (χ0v) is 14.5. The first-order valence-electron chi connectivity index (χ1n) is 7.74. The number of benzene rings is 2. The van der Waals surface area contributed by atoms with Gasteiger partial charge in [0.1, 0.15) is 11.9 Å². The molecule has 0 amide bonds. The van der Waals surface area contributed by atoms with Crippen molar-refractivity contribution in [3.05, 3.63) is 64.7 Å². The van der Waals surface area contributed by atoms with Crippen LogP contribution in [0.2, 0.25) is 5.02 Å². The molecule has 2 aromatic carbocycles. The second kappa shape index (κ2) is 8.02. The van der Waals surface area contributed by atoms with Crippen molar-refractivity contribution in [3.8, 4) is 5.75 Å². The van der Waals surface area contributed by atoms with Crippen molar-refractivity contribution < 1.29 is 4.74 Å². The molecule has 0 bridgehead atoms. The molecular weight excluding hydrogens is 308 g/mol. The van der Waals surface area contributed by atoms with Crippen LogP contribution in [0.25, 0.3) is 0 Å². The number of amidine groups is 1. The number of halogens is 1. The Morgan fingerprint density at radius 2 is 1.87 bits per heavy atom. The summed E-state index contributed by atoms with van der Waals surface area (Å²) in [5.41, 5.74) is 8.33. The van der Waals surface area contributed by atoms with Crippen LogP contribution in [0, 0.1) is 6.92 Å². The quantitative estimate of drug-likeness (QED) is 0.630. The first-order valence-corrected chi connectivity index (χ1v) is 8.12. The zero-order chi connectivity index (χ0) is 16.8. The molecule has 2 aromatic rings. The lowest BCUT2D eigenvalue weighted by Crippen LogP contribution is -2.28. The van der Waals surface area contributed by atoms with Crippen molar-refractivity contribution >= 4 is 17.4 Å². The molecule has 4 heteroatoms. The minimum absolute atomic E-state index is 0.0252. The molecule has 0 aromatic heterocycles. The Labute approximate surface area is 143 Å². The van der Waals surface area contributed by atoms with Gasteiger partial charge in [-0.05, 0) is 56.2 Å². The van der Waals surface area contributed by atoms with Crippen LogP contribution in [-0.2, 0) is 6.42 Å². The number of aliphatic imine (C=N–C) groups is 1. The van der Waals surface area contributed by atoms with Gasteiger partial charge in [-0.15, -0.1) is 0 Å². The van der Waals surface area contributed by atoms with Crippen LogP contribution in [0.15, 0.2) is 53.5 Å². The van der Waals surface area contributed by atoms with Crippen LogP contribution in [0.1, 0.15) is 25.0 Å². The van der Waals surface area contributed by atoms with E-state index in [9.17, 15) is 0 Å². The topological polar surface area (TPSA) is 47.6 Å². The molecular formula is C19H23ClN2O. The summed E-state index contributed by atoms with van der Waals surface area (Å²) in [5, 5.41) is 0.720. The van der Waals surface area contributed by atoms with Crippen molar-refractivity contribution in [3.63, 3.8) is 0 Å². The molecule has 2 rings (SSSR count). The summed E-state index contributed by atoms with van der Waals surface area (Å²) in [5.74, 6) is 1.45. The van der Waals surface area contributed by atoms with Gasteiger partial charge in [0.25, 0.3) is 0 Å². The molecule has 0 saturated heterocycles. The molecule has 0 fully saturated rings. The molecule has 0 aliphatic heterocycles. The molecule has 2 unspecified atom stereocenters. The summed E-state index contributed by atoms with van der Waals surface area (Å²) in [6.07, 6.45) is 0.555. The Morgan fingerprint density at radius 3 is 2.52 bits per heavy atom. The van der Waals surface area contributed by atoms with Gasteiger partial charge in [0, 0.05) is 11.4 Å². The number of rotatable bonds is 6. The van der Waals surface area contributed by atoms with E-state index in [1.807, 2.05) is 69.3 Å². The molecule has 122 valence electrons. The third-order valence-corrected chi connectivity index (χ3v) is 3.91. The molecule has 0 saturated carbocycles. The minimum atomic E-state index is -0.0550. The highest BCUT2D eigenvalue weighted by atomic mass is 35.5. The first-order chi connectivity index (χ1) is 10.9. The average Bonchev–Trinajstić information content (AvgIpc) is 2.49. The predicted molar refractivity (Wildman–Crippen MR) is 97.5 cm³/mol. The SMILES string of the molecule is Cc1cccc(OC(C)C(C)N=C(N)Cc2ccc(Cl)cc2)c1. The molecule has 3 nitrogen and oxygen atoms in total. The highest BCUT2D eigenvalue weighted by molar-refractivity contribution is 6.30. The monoisotopic (exact) mass is 330 g/mol. The fourth-order valence-electron chi connectivity index (χ4n) is 2.23. The number of ether oxygens (including phenoxy) is 1. The Morgan fingerprint density at radius 1 is 1.17 bits per heavy atom. The molecule has 23 heavy (non-hydrogen) atoms. The standard InChI is InChI=1S/C19H23ClN2O/c1-13-5-4-6-18(11-13)23-15(3)14(2)22-19(21)12-16-7-9-17(20)10-8-16/h4-11,14-15H,12H2,1-3H3,(H2,21,22). The molecule has 0 spiro atoms. The van der Waals surface area contributed by atoms with Gasteiger partial charge in [0.2, 0.25) is 0 Å². The van der Waals surface area contributed by atoms with Crippen LogP contribution in [0.3, 0.4) is 0 Å². The van der Waals surface area contributed by atoms with E-state index in [1.54, 1.807) is 0 Å². The van der Waals surface area contributed by atoms with Crippen molar-refractivity contribution in [2.75, 3.05) is 0 Å². The van der Waals surface area contributed by atoms with Crippen molar-refractivity contribution in [1.29, 1.82) is 0 Å². The van der Waals surface area contributed by atoms with Crippen molar-refractivity contribution in [2.24, 2.45) is 10.7 Å². The van der Waals surface area contributed by atoms with Gasteiger partial charge in [0.15, 0.2) is 0 Å². The van der Waals surface area contributed by atoms with Crippen LogP contribution in [0.5, 0.6) is 5.75 Å². The summed E-state index contributed by atoms with van der Waals surface area (Å²) in [6, 6.07) is 15.6. The van der Waals surface area contributed by atoms with Gasteiger partial charge >= 0.3 is 0 Å². The largest absolute Gasteiger partial charge is 0.488 e. The second-order valence-corrected chi connectivity index (χ2v) is 6.24. The Bertz CT molecular complexity index is 667. The van der Waals surface area contributed by atoms with Crippen LogP contribution >= 0.6 is 11.6 Å². The maximum atomic E-state index is 6.06. The highest BCUT2D eigenvalue weighted by Gasteiger charge is 2.13. The molecule has 0 aliphatic rings. The fraction of sp³-hybridized carbons (Fsp3) is 0.316. The van der Waals surface area contributed by atoms with Gasteiger partial charge in [-0.3, -0.25) is 4.99 Å². The fourth-order valence-corrected chi connectivity index (χ4v) is 2.35. The van der Waals surface area contributed by atoms with Crippen LogP contribution < -0.4 is 10.5 Å². The van der Waals surface area contributed by atoms with Gasteiger partial charge in [-0.2, -0.15) is 0 Å². The van der Waals surface area contributed by atoms with E-state index in [2.05, 4.69) is 4.99 Å². The van der Waals surface area contributed by atoms with Gasteiger partial charge < -0.3 is 10.5 Å². The molecule has 0 aliphatic carbocycles. The number of aryl methyl sites for hydroxylation is 1. The van der Waals surface area contributed by atoms with Crippen LogP contribution in [-0.4, -0.2) is 18.0 Å². The summed E-state index contributed by atoms with van der Waals surface area (Å²) in [6.45, 7) is 6.06. The molecule has 0 radical (unpaired) electrons. The number of nitrogens with two attached hydrogens (primary N) is 1. The minimum Gasteiger partial charge on any atom is -0.488 e. The molecule has 2 N–H and O–H groups in total. The summed E-state index contributed by atoms with van der Waals surface area (Å²) in [7, 11) is 0. The Hall–Kier alpha value is -2.00.